The molecule has 0 aliphatic carbocycles. The van der Waals surface area contributed by atoms with Gasteiger partial charge in [-0.1, -0.05) is 30.3 Å². The Hall–Kier alpha value is -1.95. The minimum atomic E-state index is 0.572. The second-order valence-corrected chi connectivity index (χ2v) is 6.00. The van der Waals surface area contributed by atoms with Crippen LogP contribution in [0.5, 0.6) is 5.75 Å². The second-order valence-electron chi connectivity index (χ2n) is 6.00. The van der Waals surface area contributed by atoms with Crippen LogP contribution < -0.4 is 15.4 Å². The first-order valence-electron chi connectivity index (χ1n) is 8.66. The summed E-state index contributed by atoms with van der Waals surface area (Å²) < 4.78 is 6.02. The molecular weight excluding hydrogens is 300 g/mol. The van der Waals surface area contributed by atoms with Gasteiger partial charge in [-0.2, -0.15) is 0 Å². The van der Waals surface area contributed by atoms with Crippen LogP contribution in [0.2, 0.25) is 0 Å². The summed E-state index contributed by atoms with van der Waals surface area (Å²) in [4.78, 5) is 6.97. The zero-order chi connectivity index (χ0) is 16.5. The van der Waals surface area contributed by atoms with Crippen molar-refractivity contribution in [2.75, 3.05) is 39.3 Å². The van der Waals surface area contributed by atoms with Crippen LogP contribution in [0, 0.1) is 0 Å². The molecule has 0 amide bonds. The smallest absolute Gasteiger partial charge is 0.142 e. The summed E-state index contributed by atoms with van der Waals surface area (Å²) in [6.07, 6.45) is 1.84. The van der Waals surface area contributed by atoms with E-state index in [1.807, 2.05) is 36.5 Å². The maximum absolute atomic E-state index is 6.02. The molecule has 3 rings (SSSR count). The number of pyridine rings is 1. The van der Waals surface area contributed by atoms with Gasteiger partial charge in [0.05, 0.1) is 5.69 Å². The van der Waals surface area contributed by atoms with Crippen LogP contribution in [0.15, 0.2) is 48.7 Å². The largest absolute Gasteiger partial charge is 0.487 e. The molecule has 0 bridgehead atoms. The predicted molar refractivity (Wildman–Crippen MR) is 96.0 cm³/mol. The normalized spacial score (nSPS) is 16.8. The van der Waals surface area contributed by atoms with Crippen molar-refractivity contribution in [3.05, 3.63) is 59.9 Å². The molecule has 5 heteroatoms. The van der Waals surface area contributed by atoms with Crippen molar-refractivity contribution in [3.63, 3.8) is 0 Å². The van der Waals surface area contributed by atoms with E-state index in [9.17, 15) is 0 Å². The number of nitrogens with zero attached hydrogens (tertiary/aromatic N) is 2. The highest BCUT2D eigenvalue weighted by atomic mass is 16.5. The molecule has 0 atom stereocenters. The van der Waals surface area contributed by atoms with Gasteiger partial charge in [-0.25, -0.2) is 0 Å². The lowest BCUT2D eigenvalue weighted by atomic mass is 10.2. The summed E-state index contributed by atoms with van der Waals surface area (Å²) in [5, 5.41) is 6.90. The van der Waals surface area contributed by atoms with Crippen LogP contribution >= 0.6 is 0 Å². The fraction of sp³-hybridized carbons (Fsp3) is 0.421. The molecular formula is C19H26N4O. The Morgan fingerprint density at radius 3 is 2.42 bits per heavy atom. The Morgan fingerprint density at radius 1 is 0.917 bits per heavy atom. The molecule has 0 unspecified atom stereocenters. The molecule has 1 aromatic carbocycles. The Kier molecular flexibility index (Phi) is 6.60. The van der Waals surface area contributed by atoms with Crippen molar-refractivity contribution >= 4 is 0 Å². The second kappa shape index (κ2) is 9.37. The van der Waals surface area contributed by atoms with Crippen LogP contribution in [0.25, 0.3) is 0 Å². The van der Waals surface area contributed by atoms with E-state index in [1.54, 1.807) is 0 Å². The lowest BCUT2D eigenvalue weighted by Gasteiger charge is -2.22. The lowest BCUT2D eigenvalue weighted by Crippen LogP contribution is -2.33. The van der Waals surface area contributed by atoms with Crippen LogP contribution in [-0.2, 0) is 13.2 Å². The maximum atomic E-state index is 6.02. The van der Waals surface area contributed by atoms with E-state index in [4.69, 9.17) is 4.74 Å². The summed E-state index contributed by atoms with van der Waals surface area (Å²) in [7, 11) is 0. The molecule has 1 aromatic heterocycles. The van der Waals surface area contributed by atoms with Crippen molar-refractivity contribution < 1.29 is 4.74 Å². The first-order chi connectivity index (χ1) is 11.9. The van der Waals surface area contributed by atoms with Crippen molar-refractivity contribution in [2.45, 2.75) is 13.2 Å². The minimum Gasteiger partial charge on any atom is -0.487 e. The van der Waals surface area contributed by atoms with Gasteiger partial charge in [-0.05, 0) is 17.7 Å². The molecule has 1 saturated heterocycles. The Balaban J connectivity index is 1.62. The quantitative estimate of drug-likeness (QED) is 0.875. The lowest BCUT2D eigenvalue weighted by molar-refractivity contribution is 0.254. The standard InChI is InChI=1S/C19H26N4O/c1-2-5-17(6-3-1)16-24-19-7-4-8-22-18(19)15-23-13-11-20-9-10-21-12-14-23/h1-8,20-21H,9-16H2. The zero-order valence-corrected chi connectivity index (χ0v) is 14.1. The van der Waals surface area contributed by atoms with Crippen molar-refractivity contribution in [1.82, 2.24) is 20.5 Å². The highest BCUT2D eigenvalue weighted by Gasteiger charge is 2.12. The predicted octanol–water partition coefficient (Wildman–Crippen LogP) is 1.66. The van der Waals surface area contributed by atoms with E-state index >= 15 is 0 Å². The highest BCUT2D eigenvalue weighted by Crippen LogP contribution is 2.19. The van der Waals surface area contributed by atoms with E-state index in [0.717, 1.165) is 57.3 Å². The number of rotatable bonds is 5. The number of nitrogens with one attached hydrogen (secondary N) is 2. The van der Waals surface area contributed by atoms with Crippen LogP contribution in [0.4, 0.5) is 0 Å². The molecule has 0 saturated carbocycles. The summed E-state index contributed by atoms with van der Waals surface area (Å²) in [6, 6.07) is 14.2. The van der Waals surface area contributed by atoms with Gasteiger partial charge >= 0.3 is 0 Å². The van der Waals surface area contributed by atoms with Gasteiger partial charge in [0.1, 0.15) is 12.4 Å². The van der Waals surface area contributed by atoms with Gasteiger partial charge in [0.2, 0.25) is 0 Å². The number of ether oxygens (including phenoxy) is 1. The summed E-state index contributed by atoms with van der Waals surface area (Å²) in [6.45, 7) is 7.51. The van der Waals surface area contributed by atoms with Gasteiger partial charge in [0, 0.05) is 52.0 Å². The number of aromatic nitrogens is 1. The van der Waals surface area contributed by atoms with Crippen molar-refractivity contribution in [3.8, 4) is 5.75 Å². The fourth-order valence-corrected chi connectivity index (χ4v) is 2.79. The van der Waals surface area contributed by atoms with Crippen molar-refractivity contribution in [1.29, 1.82) is 0 Å². The van der Waals surface area contributed by atoms with E-state index in [2.05, 4.69) is 32.7 Å². The van der Waals surface area contributed by atoms with E-state index < -0.39 is 0 Å². The van der Waals surface area contributed by atoms with Crippen LogP contribution in [0.1, 0.15) is 11.3 Å². The third-order valence-corrected chi connectivity index (χ3v) is 4.15. The number of hydrogen-bond acceptors (Lipinski definition) is 5. The summed E-state index contributed by atoms with van der Waals surface area (Å²) in [5.74, 6) is 0.877. The average Bonchev–Trinajstić information content (AvgIpc) is 2.76. The van der Waals surface area contributed by atoms with Gasteiger partial charge in [0.15, 0.2) is 0 Å². The number of benzene rings is 1. The first-order valence-corrected chi connectivity index (χ1v) is 8.66. The van der Waals surface area contributed by atoms with Gasteiger partial charge < -0.3 is 15.4 Å². The maximum Gasteiger partial charge on any atom is 0.142 e. The molecule has 1 fully saturated rings. The van der Waals surface area contributed by atoms with Crippen LogP contribution in [0.3, 0.4) is 0 Å². The first kappa shape index (κ1) is 16.9. The SMILES string of the molecule is c1ccc(COc2cccnc2CN2CCNCCNCC2)cc1. The molecule has 5 nitrogen and oxygen atoms in total. The van der Waals surface area contributed by atoms with Crippen LogP contribution in [-0.4, -0.2) is 49.2 Å². The monoisotopic (exact) mass is 326 g/mol. The summed E-state index contributed by atoms with van der Waals surface area (Å²) >= 11 is 0. The molecule has 0 radical (unpaired) electrons. The minimum absolute atomic E-state index is 0.572. The van der Waals surface area contributed by atoms with Gasteiger partial charge in [-0.15, -0.1) is 0 Å². The Labute approximate surface area is 144 Å². The molecule has 0 spiro atoms. The molecule has 24 heavy (non-hydrogen) atoms. The summed E-state index contributed by atoms with van der Waals surface area (Å²) in [5.41, 5.74) is 2.18. The highest BCUT2D eigenvalue weighted by molar-refractivity contribution is 5.27. The van der Waals surface area contributed by atoms with E-state index in [-0.39, 0.29) is 0 Å². The van der Waals surface area contributed by atoms with E-state index in [0.29, 0.717) is 6.61 Å². The van der Waals surface area contributed by atoms with Gasteiger partial charge in [-0.3, -0.25) is 9.88 Å². The molecule has 128 valence electrons. The third kappa shape index (κ3) is 5.30. The topological polar surface area (TPSA) is 49.4 Å². The third-order valence-electron chi connectivity index (χ3n) is 4.15. The van der Waals surface area contributed by atoms with E-state index in [1.165, 1.54) is 5.56 Å². The number of hydrogen-bond donors (Lipinski definition) is 2. The fourth-order valence-electron chi connectivity index (χ4n) is 2.79. The molecule has 1 aliphatic heterocycles. The zero-order valence-electron chi connectivity index (χ0n) is 14.1. The Morgan fingerprint density at radius 2 is 1.67 bits per heavy atom. The van der Waals surface area contributed by atoms with Crippen molar-refractivity contribution in [2.24, 2.45) is 0 Å². The average molecular weight is 326 g/mol. The molecule has 2 aromatic rings. The molecule has 1 aliphatic rings. The van der Waals surface area contributed by atoms with Gasteiger partial charge in [0.25, 0.3) is 0 Å². The molecule has 2 heterocycles. The molecule has 2 N–H and O–H groups in total. The Bertz CT molecular complexity index is 595.